The van der Waals surface area contributed by atoms with Gasteiger partial charge in [0, 0.05) is 18.0 Å². The number of carbonyl (C=O) groups excluding carboxylic acids is 2. The molecule has 0 bridgehead atoms. The maximum absolute atomic E-state index is 12.6. The molecule has 0 saturated carbocycles. The van der Waals surface area contributed by atoms with Crippen molar-refractivity contribution in [3.05, 3.63) is 29.8 Å². The number of amides is 2. The molecule has 2 amide bonds. The van der Waals surface area contributed by atoms with Gasteiger partial charge in [0.15, 0.2) is 0 Å². The van der Waals surface area contributed by atoms with Crippen molar-refractivity contribution in [3.63, 3.8) is 0 Å². The van der Waals surface area contributed by atoms with Gasteiger partial charge in [0.1, 0.15) is 0 Å². The van der Waals surface area contributed by atoms with Crippen LogP contribution >= 0.6 is 11.8 Å². The summed E-state index contributed by atoms with van der Waals surface area (Å²) in [4.78, 5) is 26.8. The molecule has 1 aliphatic heterocycles. The number of hydrogen-bond donors (Lipinski definition) is 1. The summed E-state index contributed by atoms with van der Waals surface area (Å²) in [5.74, 6) is 0.100. The number of nitrogens with zero attached hydrogens (tertiary/aromatic N) is 1. The van der Waals surface area contributed by atoms with Crippen molar-refractivity contribution < 1.29 is 9.59 Å². The summed E-state index contributed by atoms with van der Waals surface area (Å²) in [5, 5.41) is -0.161. The molecule has 1 heterocycles. The second-order valence-electron chi connectivity index (χ2n) is 6.51. The average molecular weight is 334 g/mol. The number of primary amides is 1. The van der Waals surface area contributed by atoms with Gasteiger partial charge in [0.05, 0.1) is 11.2 Å². The minimum atomic E-state index is -0.299. The number of benzene rings is 1. The van der Waals surface area contributed by atoms with Crippen LogP contribution in [0.25, 0.3) is 0 Å². The molecule has 1 fully saturated rings. The van der Waals surface area contributed by atoms with Crippen LogP contribution in [0.15, 0.2) is 29.2 Å². The standard InChI is InChI=1S/C18H26N2O2S/c1-12(2)14-6-8-16(9-7-14)23-13(3)18(22)20-10-4-5-15(11-20)17(19)21/h6-9,12-13,15H,4-5,10-11H2,1-3H3,(H2,19,21). The average Bonchev–Trinajstić information content (AvgIpc) is 2.54. The van der Waals surface area contributed by atoms with Crippen LogP contribution in [-0.4, -0.2) is 35.1 Å². The molecule has 2 rings (SSSR count). The quantitative estimate of drug-likeness (QED) is 0.842. The summed E-state index contributed by atoms with van der Waals surface area (Å²) in [5.41, 5.74) is 6.69. The molecule has 2 atom stereocenters. The largest absolute Gasteiger partial charge is 0.369 e. The summed E-state index contributed by atoms with van der Waals surface area (Å²) < 4.78 is 0. The molecule has 1 saturated heterocycles. The van der Waals surface area contributed by atoms with E-state index in [-0.39, 0.29) is 23.0 Å². The second kappa shape index (κ2) is 7.86. The van der Waals surface area contributed by atoms with Crippen LogP contribution in [-0.2, 0) is 9.59 Å². The monoisotopic (exact) mass is 334 g/mol. The van der Waals surface area contributed by atoms with Gasteiger partial charge in [-0.05, 0) is 43.4 Å². The number of hydrogen-bond acceptors (Lipinski definition) is 3. The normalized spacial score (nSPS) is 19.7. The van der Waals surface area contributed by atoms with E-state index in [1.807, 2.05) is 6.92 Å². The van der Waals surface area contributed by atoms with E-state index in [0.717, 1.165) is 24.3 Å². The van der Waals surface area contributed by atoms with Crippen LogP contribution in [0.5, 0.6) is 0 Å². The van der Waals surface area contributed by atoms with E-state index < -0.39 is 0 Å². The highest BCUT2D eigenvalue weighted by Crippen LogP contribution is 2.27. The molecule has 5 heteroatoms. The molecule has 4 nitrogen and oxygen atoms in total. The molecule has 2 N–H and O–H groups in total. The Bertz CT molecular complexity index is 557. The zero-order valence-electron chi connectivity index (χ0n) is 14.1. The Morgan fingerprint density at radius 1 is 1.22 bits per heavy atom. The van der Waals surface area contributed by atoms with Crippen molar-refractivity contribution in [1.29, 1.82) is 0 Å². The van der Waals surface area contributed by atoms with E-state index in [4.69, 9.17) is 5.73 Å². The van der Waals surface area contributed by atoms with E-state index in [1.54, 1.807) is 16.7 Å². The summed E-state index contributed by atoms with van der Waals surface area (Å²) in [6, 6.07) is 8.39. The van der Waals surface area contributed by atoms with Gasteiger partial charge >= 0.3 is 0 Å². The lowest BCUT2D eigenvalue weighted by molar-refractivity contribution is -0.134. The number of piperidine rings is 1. The van der Waals surface area contributed by atoms with Crippen molar-refractivity contribution >= 4 is 23.6 Å². The number of carbonyl (C=O) groups is 2. The van der Waals surface area contributed by atoms with Crippen LogP contribution in [0, 0.1) is 5.92 Å². The fourth-order valence-corrected chi connectivity index (χ4v) is 3.80. The van der Waals surface area contributed by atoms with Crippen LogP contribution < -0.4 is 5.73 Å². The fraction of sp³-hybridized carbons (Fsp3) is 0.556. The molecule has 0 aliphatic carbocycles. The zero-order valence-corrected chi connectivity index (χ0v) is 14.9. The molecule has 23 heavy (non-hydrogen) atoms. The second-order valence-corrected chi connectivity index (χ2v) is 7.92. The highest BCUT2D eigenvalue weighted by atomic mass is 32.2. The molecule has 0 spiro atoms. The first kappa shape index (κ1) is 17.9. The van der Waals surface area contributed by atoms with Crippen molar-refractivity contribution in [2.75, 3.05) is 13.1 Å². The molecule has 0 radical (unpaired) electrons. The SMILES string of the molecule is CC(Sc1ccc(C(C)C)cc1)C(=O)N1CCCC(C(N)=O)C1. The lowest BCUT2D eigenvalue weighted by Gasteiger charge is -2.32. The van der Waals surface area contributed by atoms with Gasteiger partial charge in [-0.2, -0.15) is 0 Å². The third-order valence-electron chi connectivity index (χ3n) is 4.34. The Morgan fingerprint density at radius 2 is 1.87 bits per heavy atom. The molecular weight excluding hydrogens is 308 g/mol. The van der Waals surface area contributed by atoms with Crippen molar-refractivity contribution in [1.82, 2.24) is 4.90 Å². The Hall–Kier alpha value is -1.49. The maximum Gasteiger partial charge on any atom is 0.235 e. The highest BCUT2D eigenvalue weighted by molar-refractivity contribution is 8.00. The van der Waals surface area contributed by atoms with Gasteiger partial charge in [0.2, 0.25) is 11.8 Å². The third kappa shape index (κ3) is 4.74. The molecule has 126 valence electrons. The van der Waals surface area contributed by atoms with Crippen molar-refractivity contribution in [2.24, 2.45) is 11.7 Å². The lowest BCUT2D eigenvalue weighted by Crippen LogP contribution is -2.46. The van der Waals surface area contributed by atoms with Crippen molar-refractivity contribution in [3.8, 4) is 0 Å². The summed E-state index contributed by atoms with van der Waals surface area (Å²) >= 11 is 1.57. The van der Waals surface area contributed by atoms with Crippen LogP contribution in [0.4, 0.5) is 0 Å². The Morgan fingerprint density at radius 3 is 2.43 bits per heavy atom. The highest BCUT2D eigenvalue weighted by Gasteiger charge is 2.29. The molecular formula is C18H26N2O2S. The smallest absolute Gasteiger partial charge is 0.235 e. The van der Waals surface area contributed by atoms with Gasteiger partial charge in [-0.1, -0.05) is 26.0 Å². The van der Waals surface area contributed by atoms with Gasteiger partial charge in [0.25, 0.3) is 0 Å². The maximum atomic E-state index is 12.6. The fourth-order valence-electron chi connectivity index (χ4n) is 2.85. The minimum absolute atomic E-state index is 0.0916. The van der Waals surface area contributed by atoms with Crippen LogP contribution in [0.2, 0.25) is 0 Å². The first-order valence-corrected chi connectivity index (χ1v) is 9.11. The van der Waals surface area contributed by atoms with Crippen LogP contribution in [0.1, 0.15) is 45.1 Å². The van der Waals surface area contributed by atoms with E-state index in [2.05, 4.69) is 38.1 Å². The van der Waals surface area contributed by atoms with E-state index in [0.29, 0.717) is 12.5 Å². The number of thioether (sulfide) groups is 1. The van der Waals surface area contributed by atoms with Crippen LogP contribution in [0.3, 0.4) is 0 Å². The van der Waals surface area contributed by atoms with Gasteiger partial charge in [-0.25, -0.2) is 0 Å². The predicted molar refractivity (Wildman–Crippen MR) is 94.3 cm³/mol. The summed E-state index contributed by atoms with van der Waals surface area (Å²) in [6.45, 7) is 7.45. The number of likely N-dealkylation sites (tertiary alicyclic amines) is 1. The molecule has 1 aromatic rings. The predicted octanol–water partition coefficient (Wildman–Crippen LogP) is 3.01. The summed E-state index contributed by atoms with van der Waals surface area (Å²) in [7, 11) is 0. The topological polar surface area (TPSA) is 63.4 Å². The van der Waals surface area contributed by atoms with E-state index in [9.17, 15) is 9.59 Å². The van der Waals surface area contributed by atoms with Gasteiger partial charge in [-0.3, -0.25) is 9.59 Å². The molecule has 1 aromatic carbocycles. The molecule has 0 aromatic heterocycles. The number of rotatable bonds is 5. The van der Waals surface area contributed by atoms with E-state index >= 15 is 0 Å². The lowest BCUT2D eigenvalue weighted by atomic mass is 9.97. The Labute approximate surface area is 142 Å². The Kier molecular flexibility index (Phi) is 6.10. The van der Waals surface area contributed by atoms with Crippen molar-refractivity contribution in [2.45, 2.75) is 49.7 Å². The zero-order chi connectivity index (χ0) is 17.0. The molecule has 1 aliphatic rings. The number of nitrogens with two attached hydrogens (primary N) is 1. The Balaban J connectivity index is 1.95. The first-order valence-electron chi connectivity index (χ1n) is 8.23. The van der Waals surface area contributed by atoms with E-state index in [1.165, 1.54) is 5.56 Å². The van der Waals surface area contributed by atoms with Gasteiger partial charge < -0.3 is 10.6 Å². The third-order valence-corrected chi connectivity index (χ3v) is 5.44. The minimum Gasteiger partial charge on any atom is -0.369 e. The van der Waals surface area contributed by atoms with Gasteiger partial charge in [-0.15, -0.1) is 11.8 Å². The first-order chi connectivity index (χ1) is 10.9. The molecule has 2 unspecified atom stereocenters. The summed E-state index contributed by atoms with van der Waals surface area (Å²) in [6.07, 6.45) is 1.64.